The Balaban J connectivity index is 1.97. The number of nitrogens with zero attached hydrogens (tertiary/aromatic N) is 2. The first-order valence-corrected chi connectivity index (χ1v) is 8.49. The van der Waals surface area contributed by atoms with Gasteiger partial charge in [0.25, 0.3) is 5.91 Å². The summed E-state index contributed by atoms with van der Waals surface area (Å²) in [7, 11) is 3.15. The number of carbonyl (C=O) groups is 1. The summed E-state index contributed by atoms with van der Waals surface area (Å²) in [5.41, 5.74) is 2.37. The van der Waals surface area contributed by atoms with Crippen LogP contribution in [0.25, 0.3) is 6.08 Å². The highest BCUT2D eigenvalue weighted by Gasteiger charge is 2.29. The first kappa shape index (κ1) is 18.3. The minimum Gasteiger partial charge on any atom is -0.497 e. The van der Waals surface area contributed by atoms with Crippen LogP contribution in [0.2, 0.25) is 10.0 Å². The second kappa shape index (κ2) is 7.40. The number of halogens is 2. The van der Waals surface area contributed by atoms with Gasteiger partial charge in [-0.25, -0.2) is 0 Å². The van der Waals surface area contributed by atoms with Gasteiger partial charge in [0.1, 0.15) is 11.5 Å². The van der Waals surface area contributed by atoms with Gasteiger partial charge in [-0.2, -0.15) is 10.1 Å². The van der Waals surface area contributed by atoms with Crippen molar-refractivity contribution in [3.8, 4) is 11.5 Å². The topological polar surface area (TPSA) is 51.1 Å². The Kier molecular flexibility index (Phi) is 5.20. The van der Waals surface area contributed by atoms with Crippen LogP contribution in [0.1, 0.15) is 12.5 Å². The van der Waals surface area contributed by atoms with Crippen LogP contribution in [-0.4, -0.2) is 25.8 Å². The largest absolute Gasteiger partial charge is 0.497 e. The van der Waals surface area contributed by atoms with Crippen LogP contribution < -0.4 is 14.5 Å². The molecule has 5 nitrogen and oxygen atoms in total. The van der Waals surface area contributed by atoms with Crippen molar-refractivity contribution in [3.63, 3.8) is 0 Å². The molecule has 26 heavy (non-hydrogen) atoms. The predicted molar refractivity (Wildman–Crippen MR) is 105 cm³/mol. The number of hydrogen-bond acceptors (Lipinski definition) is 4. The van der Waals surface area contributed by atoms with Crippen molar-refractivity contribution in [2.45, 2.75) is 6.92 Å². The summed E-state index contributed by atoms with van der Waals surface area (Å²) < 4.78 is 10.6. The van der Waals surface area contributed by atoms with Crippen LogP contribution in [-0.2, 0) is 4.79 Å². The fourth-order valence-corrected chi connectivity index (χ4v) is 2.86. The second-order valence-corrected chi connectivity index (χ2v) is 6.38. The lowest BCUT2D eigenvalue weighted by molar-refractivity contribution is -0.114. The van der Waals surface area contributed by atoms with E-state index in [1.165, 1.54) is 5.01 Å². The summed E-state index contributed by atoms with van der Waals surface area (Å²) >= 11 is 12.0. The molecule has 0 fully saturated rings. The number of hydrogen-bond donors (Lipinski definition) is 0. The fraction of sp³-hybridized carbons (Fsp3) is 0.158. The molecule has 1 heterocycles. The number of ether oxygens (including phenoxy) is 2. The smallest absolute Gasteiger partial charge is 0.280 e. The van der Waals surface area contributed by atoms with Crippen molar-refractivity contribution >= 4 is 46.6 Å². The van der Waals surface area contributed by atoms with Gasteiger partial charge in [-0.1, -0.05) is 23.2 Å². The first-order valence-electron chi connectivity index (χ1n) is 7.73. The Bertz CT molecular complexity index is 938. The highest BCUT2D eigenvalue weighted by molar-refractivity contribution is 6.42. The van der Waals surface area contributed by atoms with Gasteiger partial charge in [0.15, 0.2) is 0 Å². The van der Waals surface area contributed by atoms with Crippen molar-refractivity contribution in [1.29, 1.82) is 0 Å². The number of methoxy groups -OCH3 is 2. The van der Waals surface area contributed by atoms with Gasteiger partial charge in [0, 0.05) is 11.6 Å². The lowest BCUT2D eigenvalue weighted by Gasteiger charge is -2.12. The number of benzene rings is 2. The van der Waals surface area contributed by atoms with Crippen molar-refractivity contribution in [3.05, 3.63) is 57.6 Å². The molecule has 0 aromatic heterocycles. The summed E-state index contributed by atoms with van der Waals surface area (Å²) in [5.74, 6) is 1.02. The molecule has 0 bridgehead atoms. The molecule has 1 amide bonds. The summed E-state index contributed by atoms with van der Waals surface area (Å²) in [6.45, 7) is 1.78. The van der Waals surface area contributed by atoms with Gasteiger partial charge in [-0.3, -0.25) is 4.79 Å². The van der Waals surface area contributed by atoms with E-state index in [9.17, 15) is 4.79 Å². The lowest BCUT2D eigenvalue weighted by atomic mass is 10.1. The van der Waals surface area contributed by atoms with Crippen LogP contribution in [0.5, 0.6) is 11.5 Å². The van der Waals surface area contributed by atoms with Crippen molar-refractivity contribution in [1.82, 2.24) is 0 Å². The maximum Gasteiger partial charge on any atom is 0.280 e. The van der Waals surface area contributed by atoms with Gasteiger partial charge in [-0.15, -0.1) is 0 Å². The van der Waals surface area contributed by atoms with E-state index >= 15 is 0 Å². The zero-order valence-electron chi connectivity index (χ0n) is 14.4. The van der Waals surface area contributed by atoms with E-state index in [0.717, 1.165) is 5.56 Å². The Morgan fingerprint density at radius 2 is 1.81 bits per heavy atom. The van der Waals surface area contributed by atoms with Gasteiger partial charge in [0.05, 0.1) is 41.2 Å². The van der Waals surface area contributed by atoms with Gasteiger partial charge in [0.2, 0.25) is 0 Å². The Hall–Kier alpha value is -2.50. The summed E-state index contributed by atoms with van der Waals surface area (Å²) in [6, 6.07) is 10.3. The molecule has 0 unspecified atom stereocenters. The van der Waals surface area contributed by atoms with Crippen LogP contribution >= 0.6 is 23.2 Å². The van der Waals surface area contributed by atoms with E-state index in [2.05, 4.69) is 5.10 Å². The Morgan fingerprint density at radius 3 is 2.46 bits per heavy atom. The minimum absolute atomic E-state index is 0.251. The van der Waals surface area contributed by atoms with Gasteiger partial charge in [-0.05, 0) is 43.3 Å². The number of rotatable bonds is 4. The average molecular weight is 391 g/mol. The van der Waals surface area contributed by atoms with Gasteiger partial charge >= 0.3 is 0 Å². The zero-order valence-corrected chi connectivity index (χ0v) is 15.9. The molecule has 0 aliphatic carbocycles. The van der Waals surface area contributed by atoms with Crippen molar-refractivity contribution < 1.29 is 14.3 Å². The van der Waals surface area contributed by atoms with Crippen LogP contribution in [0.3, 0.4) is 0 Å². The third kappa shape index (κ3) is 3.41. The molecule has 3 rings (SSSR count). The SMILES string of the molecule is COc1ccc(/C=C2\C(=O)N(c3ccc(Cl)c(Cl)c3)N=C2C)c(OC)c1. The Morgan fingerprint density at radius 1 is 1.04 bits per heavy atom. The van der Waals surface area contributed by atoms with E-state index in [1.54, 1.807) is 57.6 Å². The molecule has 0 radical (unpaired) electrons. The molecule has 2 aromatic rings. The fourth-order valence-electron chi connectivity index (χ4n) is 2.57. The number of carbonyl (C=O) groups excluding carboxylic acids is 1. The molecule has 0 atom stereocenters. The van der Waals surface area contributed by atoms with E-state index in [1.807, 2.05) is 6.07 Å². The molecule has 1 aliphatic heterocycles. The third-order valence-electron chi connectivity index (χ3n) is 3.95. The summed E-state index contributed by atoms with van der Waals surface area (Å²) in [5, 5.41) is 6.43. The zero-order chi connectivity index (χ0) is 18.8. The minimum atomic E-state index is -0.251. The lowest BCUT2D eigenvalue weighted by Crippen LogP contribution is -2.21. The molecule has 2 aromatic carbocycles. The maximum atomic E-state index is 12.8. The monoisotopic (exact) mass is 390 g/mol. The number of hydrazone groups is 1. The highest BCUT2D eigenvalue weighted by Crippen LogP contribution is 2.32. The quantitative estimate of drug-likeness (QED) is 0.703. The van der Waals surface area contributed by atoms with E-state index in [4.69, 9.17) is 32.7 Å². The predicted octanol–water partition coefficient (Wildman–Crippen LogP) is 4.82. The standard InChI is InChI=1S/C19H16Cl2N2O3/c1-11-15(8-12-4-6-14(25-2)10-18(12)26-3)19(24)23(22-11)13-5-7-16(20)17(21)9-13/h4-10H,1-3H3/b15-8-. The average Bonchev–Trinajstić information content (AvgIpc) is 2.92. The summed E-state index contributed by atoms with van der Waals surface area (Å²) in [6.07, 6.45) is 1.75. The molecule has 7 heteroatoms. The number of anilines is 1. The van der Waals surface area contributed by atoms with Crippen molar-refractivity contribution in [2.24, 2.45) is 5.10 Å². The number of amides is 1. The van der Waals surface area contributed by atoms with Crippen LogP contribution in [0.15, 0.2) is 47.1 Å². The third-order valence-corrected chi connectivity index (χ3v) is 4.69. The molecular weight excluding hydrogens is 375 g/mol. The molecule has 0 N–H and O–H groups in total. The van der Waals surface area contributed by atoms with Crippen molar-refractivity contribution in [2.75, 3.05) is 19.2 Å². The molecule has 0 saturated carbocycles. The maximum absolute atomic E-state index is 12.8. The molecule has 0 spiro atoms. The Labute approximate surface area is 161 Å². The van der Waals surface area contributed by atoms with E-state index in [0.29, 0.717) is 38.5 Å². The molecule has 0 saturated heterocycles. The normalized spacial score (nSPS) is 15.4. The first-order chi connectivity index (χ1) is 12.4. The van der Waals surface area contributed by atoms with E-state index in [-0.39, 0.29) is 5.91 Å². The van der Waals surface area contributed by atoms with E-state index < -0.39 is 0 Å². The molecular formula is C19H16Cl2N2O3. The van der Waals surface area contributed by atoms with Gasteiger partial charge < -0.3 is 9.47 Å². The van der Waals surface area contributed by atoms with Crippen LogP contribution in [0.4, 0.5) is 5.69 Å². The summed E-state index contributed by atoms with van der Waals surface area (Å²) in [4.78, 5) is 12.8. The van der Waals surface area contributed by atoms with Crippen LogP contribution in [0, 0.1) is 0 Å². The highest BCUT2D eigenvalue weighted by atomic mass is 35.5. The molecule has 134 valence electrons. The molecule has 1 aliphatic rings. The second-order valence-electron chi connectivity index (χ2n) is 5.57.